The maximum Gasteiger partial charge on any atom is 0.261 e. The van der Waals surface area contributed by atoms with Gasteiger partial charge in [0.1, 0.15) is 17.4 Å². The first kappa shape index (κ1) is 15.1. The Bertz CT molecular complexity index is 533. The second-order valence-corrected chi connectivity index (χ2v) is 4.40. The topological polar surface area (TPSA) is 73.1 Å². The minimum absolute atomic E-state index is 0.0119. The largest absolute Gasteiger partial charge is 0.506 e. The molecule has 100 valence electrons. The van der Waals surface area contributed by atoms with E-state index in [-0.39, 0.29) is 16.3 Å². The Labute approximate surface area is 117 Å². The fourth-order valence-corrected chi connectivity index (χ4v) is 1.59. The summed E-state index contributed by atoms with van der Waals surface area (Å²) in [5.41, 5.74) is 0.600. The van der Waals surface area contributed by atoms with Crippen molar-refractivity contribution in [3.05, 3.63) is 34.4 Å². The molecule has 2 N–H and O–H groups in total. The summed E-state index contributed by atoms with van der Waals surface area (Å²) in [7, 11) is 0. The number of phenols is 1. The Hall–Kier alpha value is -1.99. The molecule has 0 bridgehead atoms. The van der Waals surface area contributed by atoms with Crippen LogP contribution in [-0.2, 0) is 4.79 Å². The van der Waals surface area contributed by atoms with Crippen LogP contribution in [0, 0.1) is 11.3 Å². The summed E-state index contributed by atoms with van der Waals surface area (Å²) in [5, 5.41) is 21.1. The van der Waals surface area contributed by atoms with E-state index in [1.807, 2.05) is 13.0 Å². The Kier molecular flexibility index (Phi) is 5.91. The van der Waals surface area contributed by atoms with Crippen LogP contribution in [-0.4, -0.2) is 17.6 Å². The molecule has 1 amide bonds. The van der Waals surface area contributed by atoms with E-state index in [0.29, 0.717) is 12.1 Å². The van der Waals surface area contributed by atoms with Gasteiger partial charge in [0, 0.05) is 6.54 Å². The van der Waals surface area contributed by atoms with Crippen LogP contribution in [0.4, 0.5) is 0 Å². The van der Waals surface area contributed by atoms with E-state index >= 15 is 0 Å². The van der Waals surface area contributed by atoms with Gasteiger partial charge in [0.05, 0.1) is 5.02 Å². The van der Waals surface area contributed by atoms with Gasteiger partial charge in [-0.15, -0.1) is 0 Å². The summed E-state index contributed by atoms with van der Waals surface area (Å²) >= 11 is 5.76. The molecule has 1 aromatic rings. The van der Waals surface area contributed by atoms with Gasteiger partial charge < -0.3 is 10.4 Å². The van der Waals surface area contributed by atoms with Crippen molar-refractivity contribution < 1.29 is 9.90 Å². The monoisotopic (exact) mass is 278 g/mol. The molecule has 0 aromatic heterocycles. The number of unbranched alkanes of at least 4 members (excludes halogenated alkanes) is 1. The van der Waals surface area contributed by atoms with Gasteiger partial charge in [-0.1, -0.05) is 31.0 Å². The summed E-state index contributed by atoms with van der Waals surface area (Å²) < 4.78 is 0. The maximum atomic E-state index is 11.7. The van der Waals surface area contributed by atoms with Crippen molar-refractivity contribution in [2.45, 2.75) is 19.8 Å². The van der Waals surface area contributed by atoms with Gasteiger partial charge in [0.15, 0.2) is 0 Å². The molecular formula is C14H15ClN2O2. The van der Waals surface area contributed by atoms with E-state index in [2.05, 4.69) is 5.32 Å². The SMILES string of the molecule is CCCCNC(=O)/C(C#N)=C\c1ccc(O)c(Cl)c1. The zero-order valence-electron chi connectivity index (χ0n) is 10.6. The molecule has 0 spiro atoms. The highest BCUT2D eigenvalue weighted by atomic mass is 35.5. The summed E-state index contributed by atoms with van der Waals surface area (Å²) in [4.78, 5) is 11.7. The van der Waals surface area contributed by atoms with Gasteiger partial charge >= 0.3 is 0 Å². The van der Waals surface area contributed by atoms with Crippen molar-refractivity contribution in [3.63, 3.8) is 0 Å². The molecule has 1 aromatic carbocycles. The quantitative estimate of drug-likeness (QED) is 0.494. The molecule has 0 unspecified atom stereocenters. The lowest BCUT2D eigenvalue weighted by molar-refractivity contribution is -0.117. The molecule has 0 fully saturated rings. The highest BCUT2D eigenvalue weighted by molar-refractivity contribution is 6.32. The first-order valence-corrected chi connectivity index (χ1v) is 6.34. The lowest BCUT2D eigenvalue weighted by atomic mass is 10.1. The summed E-state index contributed by atoms with van der Waals surface area (Å²) in [5.74, 6) is -0.440. The van der Waals surface area contributed by atoms with Crippen LogP contribution >= 0.6 is 11.6 Å². The van der Waals surface area contributed by atoms with Crippen molar-refractivity contribution in [1.29, 1.82) is 5.26 Å². The molecule has 0 saturated heterocycles. The van der Waals surface area contributed by atoms with Crippen molar-refractivity contribution in [2.75, 3.05) is 6.54 Å². The van der Waals surface area contributed by atoms with Crippen LogP contribution in [0.2, 0.25) is 5.02 Å². The fraction of sp³-hybridized carbons (Fsp3) is 0.286. The number of hydrogen-bond acceptors (Lipinski definition) is 3. The van der Waals surface area contributed by atoms with Gasteiger partial charge in [-0.25, -0.2) is 0 Å². The standard InChI is InChI=1S/C14H15ClN2O2/c1-2-3-6-17-14(19)11(9-16)7-10-4-5-13(18)12(15)8-10/h4-5,7-8,18H,2-3,6H2,1H3,(H,17,19)/b11-7-. The Morgan fingerprint density at radius 1 is 1.58 bits per heavy atom. The van der Waals surface area contributed by atoms with Gasteiger partial charge in [-0.3, -0.25) is 4.79 Å². The molecule has 0 saturated carbocycles. The zero-order chi connectivity index (χ0) is 14.3. The molecule has 0 atom stereocenters. The maximum absolute atomic E-state index is 11.7. The summed E-state index contributed by atoms with van der Waals surface area (Å²) in [6, 6.07) is 6.34. The first-order chi connectivity index (χ1) is 9.08. The number of carbonyl (C=O) groups excluding carboxylic acids is 1. The number of nitrogens with zero attached hydrogens (tertiary/aromatic N) is 1. The Morgan fingerprint density at radius 3 is 2.89 bits per heavy atom. The van der Waals surface area contributed by atoms with Gasteiger partial charge in [-0.05, 0) is 30.2 Å². The van der Waals surface area contributed by atoms with Crippen molar-refractivity contribution in [2.24, 2.45) is 0 Å². The highest BCUT2D eigenvalue weighted by Gasteiger charge is 2.08. The number of halogens is 1. The molecule has 0 aliphatic rings. The van der Waals surface area contributed by atoms with Crippen molar-refractivity contribution in [3.8, 4) is 11.8 Å². The third-order valence-electron chi connectivity index (χ3n) is 2.46. The second-order valence-electron chi connectivity index (χ2n) is 3.99. The predicted octanol–water partition coefficient (Wildman–Crippen LogP) is 2.87. The fourth-order valence-electron chi connectivity index (χ4n) is 1.40. The molecule has 19 heavy (non-hydrogen) atoms. The third-order valence-corrected chi connectivity index (χ3v) is 2.77. The zero-order valence-corrected chi connectivity index (χ0v) is 11.4. The minimum atomic E-state index is -0.403. The Balaban J connectivity index is 2.84. The predicted molar refractivity (Wildman–Crippen MR) is 74.6 cm³/mol. The molecule has 4 nitrogen and oxygen atoms in total. The number of carbonyl (C=O) groups is 1. The number of nitrogens with one attached hydrogen (secondary N) is 1. The summed E-state index contributed by atoms with van der Waals surface area (Å²) in [6.45, 7) is 2.57. The molecule has 0 aliphatic heterocycles. The molecule has 0 aliphatic carbocycles. The van der Waals surface area contributed by atoms with Gasteiger partial charge in [0.2, 0.25) is 0 Å². The van der Waals surface area contributed by atoms with Crippen LogP contribution in [0.1, 0.15) is 25.3 Å². The van der Waals surface area contributed by atoms with Crippen LogP contribution < -0.4 is 5.32 Å². The number of amides is 1. The van der Waals surface area contributed by atoms with E-state index in [4.69, 9.17) is 16.9 Å². The Morgan fingerprint density at radius 2 is 2.32 bits per heavy atom. The number of nitriles is 1. The van der Waals surface area contributed by atoms with Crippen LogP contribution in [0.15, 0.2) is 23.8 Å². The lowest BCUT2D eigenvalue weighted by Crippen LogP contribution is -2.25. The number of phenolic OH excluding ortho intramolecular Hbond substituents is 1. The van der Waals surface area contributed by atoms with E-state index in [0.717, 1.165) is 12.8 Å². The van der Waals surface area contributed by atoms with Crippen LogP contribution in [0.25, 0.3) is 6.08 Å². The minimum Gasteiger partial charge on any atom is -0.506 e. The second kappa shape index (κ2) is 7.45. The van der Waals surface area contributed by atoms with E-state index in [1.165, 1.54) is 18.2 Å². The average Bonchev–Trinajstić information content (AvgIpc) is 2.40. The molecule has 1 rings (SSSR count). The molecule has 0 radical (unpaired) electrons. The van der Waals surface area contributed by atoms with E-state index < -0.39 is 5.91 Å². The number of hydrogen-bond donors (Lipinski definition) is 2. The van der Waals surface area contributed by atoms with Crippen molar-refractivity contribution >= 4 is 23.6 Å². The average molecular weight is 279 g/mol. The third kappa shape index (κ3) is 4.65. The normalized spacial score (nSPS) is 10.9. The number of rotatable bonds is 5. The molecule has 0 heterocycles. The van der Waals surface area contributed by atoms with Crippen LogP contribution in [0.5, 0.6) is 5.75 Å². The summed E-state index contributed by atoms with van der Waals surface area (Å²) in [6.07, 6.45) is 3.28. The number of aromatic hydroxyl groups is 1. The lowest BCUT2D eigenvalue weighted by Gasteiger charge is -2.03. The van der Waals surface area contributed by atoms with Crippen LogP contribution in [0.3, 0.4) is 0 Å². The molecular weight excluding hydrogens is 264 g/mol. The van der Waals surface area contributed by atoms with Gasteiger partial charge in [-0.2, -0.15) is 5.26 Å². The first-order valence-electron chi connectivity index (χ1n) is 5.97. The highest BCUT2D eigenvalue weighted by Crippen LogP contribution is 2.24. The smallest absolute Gasteiger partial charge is 0.261 e. The number of benzene rings is 1. The van der Waals surface area contributed by atoms with E-state index in [1.54, 1.807) is 6.07 Å². The molecule has 5 heteroatoms. The van der Waals surface area contributed by atoms with E-state index in [9.17, 15) is 9.90 Å². The van der Waals surface area contributed by atoms with Gasteiger partial charge in [0.25, 0.3) is 5.91 Å². The van der Waals surface area contributed by atoms with Crippen molar-refractivity contribution in [1.82, 2.24) is 5.32 Å².